The van der Waals surface area contributed by atoms with E-state index in [1.807, 2.05) is 31.3 Å². The van der Waals surface area contributed by atoms with Crippen molar-refractivity contribution < 1.29 is 9.84 Å². The average molecular weight is 385 g/mol. The third-order valence-corrected chi connectivity index (χ3v) is 4.38. The summed E-state index contributed by atoms with van der Waals surface area (Å²) < 4.78 is 5.15. The molecular formula is C20H21ClN4O2. The van der Waals surface area contributed by atoms with E-state index in [-0.39, 0.29) is 5.75 Å². The number of nitrogens with zero attached hydrogens (tertiary/aromatic N) is 3. The average Bonchev–Trinajstić information content (AvgIpc) is 2.64. The van der Waals surface area contributed by atoms with E-state index in [1.54, 1.807) is 12.1 Å². The van der Waals surface area contributed by atoms with E-state index in [1.165, 1.54) is 13.4 Å². The lowest BCUT2D eigenvalue weighted by atomic mass is 10.1. The first-order chi connectivity index (χ1) is 13.0. The van der Waals surface area contributed by atoms with Gasteiger partial charge in [0.2, 0.25) is 0 Å². The van der Waals surface area contributed by atoms with E-state index >= 15 is 0 Å². The van der Waals surface area contributed by atoms with Crippen LogP contribution in [-0.2, 0) is 6.54 Å². The summed E-state index contributed by atoms with van der Waals surface area (Å²) in [5.41, 5.74) is 2.57. The molecule has 0 atom stereocenters. The fourth-order valence-electron chi connectivity index (χ4n) is 2.84. The number of halogens is 1. The number of rotatable bonds is 7. The summed E-state index contributed by atoms with van der Waals surface area (Å²) in [6, 6.07) is 8.96. The number of hydrogen-bond acceptors (Lipinski definition) is 6. The van der Waals surface area contributed by atoms with Gasteiger partial charge >= 0.3 is 0 Å². The first-order valence-electron chi connectivity index (χ1n) is 8.38. The SMILES string of the molecule is C=CCN(C)Cc1ccc(Cl)cc1Nc1ncnc2cc(OC)c(O)cc12. The van der Waals surface area contributed by atoms with Gasteiger partial charge in [-0.25, -0.2) is 9.97 Å². The number of methoxy groups -OCH3 is 1. The van der Waals surface area contributed by atoms with Crippen molar-refractivity contribution in [1.82, 2.24) is 14.9 Å². The largest absolute Gasteiger partial charge is 0.504 e. The van der Waals surface area contributed by atoms with Crippen LogP contribution in [0.25, 0.3) is 10.9 Å². The molecule has 0 aliphatic rings. The number of hydrogen-bond donors (Lipinski definition) is 2. The molecule has 0 unspecified atom stereocenters. The van der Waals surface area contributed by atoms with E-state index < -0.39 is 0 Å². The Balaban J connectivity index is 2.01. The number of aromatic hydroxyl groups is 1. The van der Waals surface area contributed by atoms with Crippen molar-refractivity contribution in [2.45, 2.75) is 6.54 Å². The summed E-state index contributed by atoms with van der Waals surface area (Å²) in [5, 5.41) is 14.8. The molecule has 0 saturated heterocycles. The molecular weight excluding hydrogens is 364 g/mol. The van der Waals surface area contributed by atoms with Crippen molar-refractivity contribution in [3.05, 3.63) is 59.9 Å². The predicted molar refractivity (Wildman–Crippen MR) is 109 cm³/mol. The predicted octanol–water partition coefficient (Wildman–Crippen LogP) is 4.36. The molecule has 0 fully saturated rings. The molecule has 1 heterocycles. The molecule has 3 aromatic rings. The summed E-state index contributed by atoms with van der Waals surface area (Å²) in [5.74, 6) is 0.967. The van der Waals surface area contributed by atoms with Gasteiger partial charge in [-0.3, -0.25) is 4.90 Å². The van der Waals surface area contributed by atoms with Crippen LogP contribution in [0, 0.1) is 0 Å². The lowest BCUT2D eigenvalue weighted by molar-refractivity contribution is 0.364. The quantitative estimate of drug-likeness (QED) is 0.590. The van der Waals surface area contributed by atoms with Gasteiger partial charge in [0.25, 0.3) is 0 Å². The van der Waals surface area contributed by atoms with Gasteiger partial charge in [0.1, 0.15) is 12.1 Å². The van der Waals surface area contributed by atoms with E-state index in [9.17, 15) is 5.11 Å². The molecule has 0 aliphatic carbocycles. The molecule has 1 aromatic heterocycles. The van der Waals surface area contributed by atoms with Crippen molar-refractivity contribution in [1.29, 1.82) is 0 Å². The number of aromatic nitrogens is 2. The molecule has 27 heavy (non-hydrogen) atoms. The second-order valence-electron chi connectivity index (χ2n) is 6.18. The number of phenolic OH excluding ortho intramolecular Hbond substituents is 1. The van der Waals surface area contributed by atoms with Crippen LogP contribution in [0.2, 0.25) is 5.02 Å². The van der Waals surface area contributed by atoms with Crippen LogP contribution in [-0.4, -0.2) is 40.7 Å². The Bertz CT molecular complexity index is 978. The maximum absolute atomic E-state index is 10.1. The van der Waals surface area contributed by atoms with Gasteiger partial charge in [-0.15, -0.1) is 6.58 Å². The number of anilines is 2. The molecule has 0 amide bonds. The standard InChI is InChI=1S/C20H21ClN4O2/c1-4-7-25(2)11-13-5-6-14(21)8-16(13)24-20-15-9-18(26)19(27-3)10-17(15)22-12-23-20/h4-6,8-10,12,26H,1,7,11H2,2-3H3,(H,22,23,24). The third-order valence-electron chi connectivity index (χ3n) is 4.14. The number of likely N-dealkylation sites (N-methyl/N-ethyl adjacent to an activating group) is 1. The number of benzene rings is 2. The van der Waals surface area contributed by atoms with Crippen LogP contribution in [0.5, 0.6) is 11.5 Å². The molecule has 2 aromatic carbocycles. The number of phenols is 1. The van der Waals surface area contributed by atoms with E-state index in [0.29, 0.717) is 34.0 Å². The van der Waals surface area contributed by atoms with Gasteiger partial charge in [-0.2, -0.15) is 0 Å². The van der Waals surface area contributed by atoms with Gasteiger partial charge in [0, 0.05) is 35.3 Å². The van der Waals surface area contributed by atoms with Gasteiger partial charge in [0.15, 0.2) is 11.5 Å². The fourth-order valence-corrected chi connectivity index (χ4v) is 3.01. The fraction of sp³-hybridized carbons (Fsp3) is 0.200. The van der Waals surface area contributed by atoms with Crippen molar-refractivity contribution in [2.24, 2.45) is 0 Å². The van der Waals surface area contributed by atoms with Crippen LogP contribution >= 0.6 is 11.6 Å². The zero-order valence-electron chi connectivity index (χ0n) is 15.2. The Morgan fingerprint density at radius 3 is 2.85 bits per heavy atom. The second-order valence-corrected chi connectivity index (χ2v) is 6.61. The normalized spacial score (nSPS) is 11.0. The highest BCUT2D eigenvalue weighted by molar-refractivity contribution is 6.30. The highest BCUT2D eigenvalue weighted by atomic mass is 35.5. The Morgan fingerprint density at radius 1 is 1.30 bits per heavy atom. The molecule has 0 aliphatic heterocycles. The maximum atomic E-state index is 10.1. The lowest BCUT2D eigenvalue weighted by Gasteiger charge is -2.18. The Labute approximate surface area is 163 Å². The summed E-state index contributed by atoms with van der Waals surface area (Å²) in [7, 11) is 3.52. The first-order valence-corrected chi connectivity index (χ1v) is 8.76. The minimum absolute atomic E-state index is 0.0277. The van der Waals surface area contributed by atoms with Crippen molar-refractivity contribution >= 4 is 34.0 Å². The van der Waals surface area contributed by atoms with Crippen molar-refractivity contribution in [2.75, 3.05) is 26.0 Å². The van der Waals surface area contributed by atoms with Crippen molar-refractivity contribution in [3.8, 4) is 11.5 Å². The summed E-state index contributed by atoms with van der Waals surface area (Å²) in [6.45, 7) is 5.26. The minimum atomic E-state index is 0.0277. The Morgan fingerprint density at radius 2 is 2.11 bits per heavy atom. The number of nitrogens with one attached hydrogen (secondary N) is 1. The molecule has 6 nitrogen and oxygen atoms in total. The van der Waals surface area contributed by atoms with Crippen LogP contribution in [0.3, 0.4) is 0 Å². The van der Waals surface area contributed by atoms with Crippen LogP contribution in [0.15, 0.2) is 49.3 Å². The topological polar surface area (TPSA) is 70.5 Å². The minimum Gasteiger partial charge on any atom is -0.504 e. The Kier molecular flexibility index (Phi) is 5.78. The lowest BCUT2D eigenvalue weighted by Crippen LogP contribution is -2.18. The highest BCUT2D eigenvalue weighted by Crippen LogP contribution is 2.34. The van der Waals surface area contributed by atoms with Crippen LogP contribution < -0.4 is 10.1 Å². The van der Waals surface area contributed by atoms with Gasteiger partial charge < -0.3 is 15.2 Å². The second kappa shape index (κ2) is 8.24. The Hall–Kier alpha value is -2.83. The molecule has 0 spiro atoms. The monoisotopic (exact) mass is 384 g/mol. The molecule has 3 rings (SSSR count). The maximum Gasteiger partial charge on any atom is 0.162 e. The number of ether oxygens (including phenoxy) is 1. The zero-order valence-corrected chi connectivity index (χ0v) is 16.0. The summed E-state index contributed by atoms with van der Waals surface area (Å²) in [6.07, 6.45) is 3.33. The van der Waals surface area contributed by atoms with E-state index in [0.717, 1.165) is 17.8 Å². The summed E-state index contributed by atoms with van der Waals surface area (Å²) >= 11 is 6.20. The molecule has 0 bridgehead atoms. The first kappa shape index (κ1) is 18.9. The molecule has 140 valence electrons. The zero-order chi connectivity index (χ0) is 19.4. The summed E-state index contributed by atoms with van der Waals surface area (Å²) in [4.78, 5) is 10.7. The van der Waals surface area contributed by atoms with E-state index in [2.05, 4.69) is 26.8 Å². The molecule has 0 radical (unpaired) electrons. The van der Waals surface area contributed by atoms with Crippen LogP contribution in [0.4, 0.5) is 11.5 Å². The van der Waals surface area contributed by atoms with Crippen molar-refractivity contribution in [3.63, 3.8) is 0 Å². The molecule has 7 heteroatoms. The van der Waals surface area contributed by atoms with Gasteiger partial charge in [0.05, 0.1) is 12.6 Å². The smallest absolute Gasteiger partial charge is 0.162 e. The molecule has 2 N–H and O–H groups in total. The molecule has 0 saturated carbocycles. The number of fused-ring (bicyclic) bond motifs is 1. The highest BCUT2D eigenvalue weighted by Gasteiger charge is 2.12. The van der Waals surface area contributed by atoms with E-state index in [4.69, 9.17) is 16.3 Å². The third kappa shape index (κ3) is 4.30. The van der Waals surface area contributed by atoms with Gasteiger partial charge in [-0.1, -0.05) is 23.7 Å². The van der Waals surface area contributed by atoms with Crippen LogP contribution in [0.1, 0.15) is 5.56 Å². The van der Waals surface area contributed by atoms with Gasteiger partial charge in [-0.05, 0) is 30.8 Å².